The van der Waals surface area contributed by atoms with Crippen LogP contribution in [0.4, 0.5) is 0 Å². The van der Waals surface area contributed by atoms with Crippen molar-refractivity contribution in [3.63, 3.8) is 0 Å². The maximum Gasteiger partial charge on any atom is 0.226 e. The summed E-state index contributed by atoms with van der Waals surface area (Å²) in [5.74, 6) is 1.12. The third-order valence-electron chi connectivity index (χ3n) is 3.48. The highest BCUT2D eigenvalue weighted by Gasteiger charge is 2.40. The van der Waals surface area contributed by atoms with Crippen molar-refractivity contribution in [2.45, 2.75) is 26.4 Å². The van der Waals surface area contributed by atoms with E-state index in [1.165, 1.54) is 0 Å². The summed E-state index contributed by atoms with van der Waals surface area (Å²) in [7, 11) is 1.88. The zero-order chi connectivity index (χ0) is 12.4. The van der Waals surface area contributed by atoms with Crippen LogP contribution < -0.4 is 5.73 Å². The second-order valence-electron chi connectivity index (χ2n) is 5.03. The molecule has 92 valence electrons. The summed E-state index contributed by atoms with van der Waals surface area (Å²) >= 11 is 0. The summed E-state index contributed by atoms with van der Waals surface area (Å²) in [6.45, 7) is 3.38. The van der Waals surface area contributed by atoms with Crippen LogP contribution in [0.15, 0.2) is 24.3 Å². The molecule has 1 amide bonds. The monoisotopic (exact) mass is 232 g/mol. The van der Waals surface area contributed by atoms with Crippen LogP contribution in [-0.2, 0) is 17.9 Å². The van der Waals surface area contributed by atoms with E-state index in [1.54, 1.807) is 0 Å². The van der Waals surface area contributed by atoms with Gasteiger partial charge in [-0.1, -0.05) is 31.2 Å². The molecule has 0 aromatic heterocycles. The SMILES string of the molecule is CC1CC1C(=O)N(C)Cc1ccc(CN)cc1. The van der Waals surface area contributed by atoms with E-state index in [9.17, 15) is 4.79 Å². The average molecular weight is 232 g/mol. The first-order valence-electron chi connectivity index (χ1n) is 6.14. The van der Waals surface area contributed by atoms with Crippen molar-refractivity contribution in [3.8, 4) is 0 Å². The van der Waals surface area contributed by atoms with Crippen molar-refractivity contribution < 1.29 is 4.79 Å². The number of hydrogen-bond donors (Lipinski definition) is 1. The maximum absolute atomic E-state index is 11.9. The summed E-state index contributed by atoms with van der Waals surface area (Å²) < 4.78 is 0. The Morgan fingerprint density at radius 2 is 1.88 bits per heavy atom. The molecule has 0 aliphatic heterocycles. The second kappa shape index (κ2) is 4.88. The summed E-state index contributed by atoms with van der Waals surface area (Å²) in [4.78, 5) is 13.8. The molecule has 0 saturated heterocycles. The Morgan fingerprint density at radius 3 is 2.35 bits per heavy atom. The standard InChI is InChI=1S/C14H20N2O/c1-10-7-13(10)14(17)16(2)9-12-5-3-11(8-15)4-6-12/h3-6,10,13H,7-9,15H2,1-2H3. The minimum atomic E-state index is 0.267. The molecule has 0 heterocycles. The van der Waals surface area contributed by atoms with Gasteiger partial charge in [0, 0.05) is 26.1 Å². The molecule has 0 radical (unpaired) electrons. The highest BCUT2D eigenvalue weighted by atomic mass is 16.2. The van der Waals surface area contributed by atoms with E-state index >= 15 is 0 Å². The number of nitrogens with two attached hydrogens (primary N) is 1. The van der Waals surface area contributed by atoms with Crippen molar-refractivity contribution in [3.05, 3.63) is 35.4 Å². The van der Waals surface area contributed by atoms with Gasteiger partial charge in [-0.25, -0.2) is 0 Å². The van der Waals surface area contributed by atoms with E-state index in [0.717, 1.165) is 17.5 Å². The van der Waals surface area contributed by atoms with Gasteiger partial charge in [-0.15, -0.1) is 0 Å². The van der Waals surface area contributed by atoms with Crippen LogP contribution in [0.3, 0.4) is 0 Å². The maximum atomic E-state index is 11.9. The summed E-state index contributed by atoms with van der Waals surface area (Å²) in [6.07, 6.45) is 1.05. The van der Waals surface area contributed by atoms with Gasteiger partial charge in [0.25, 0.3) is 0 Å². The first kappa shape index (κ1) is 12.1. The van der Waals surface area contributed by atoms with Crippen LogP contribution in [0.5, 0.6) is 0 Å². The summed E-state index contributed by atoms with van der Waals surface area (Å²) in [6, 6.07) is 8.13. The number of benzene rings is 1. The van der Waals surface area contributed by atoms with Crippen LogP contribution in [0.2, 0.25) is 0 Å². The predicted molar refractivity (Wildman–Crippen MR) is 68.1 cm³/mol. The van der Waals surface area contributed by atoms with Gasteiger partial charge in [0.05, 0.1) is 0 Å². The Labute approximate surface area is 103 Å². The molecular formula is C14H20N2O. The molecule has 1 saturated carbocycles. The van der Waals surface area contributed by atoms with E-state index in [-0.39, 0.29) is 11.8 Å². The molecule has 3 nitrogen and oxygen atoms in total. The molecule has 17 heavy (non-hydrogen) atoms. The van der Waals surface area contributed by atoms with Gasteiger partial charge in [0.1, 0.15) is 0 Å². The molecular weight excluding hydrogens is 212 g/mol. The van der Waals surface area contributed by atoms with Gasteiger partial charge in [-0.3, -0.25) is 4.79 Å². The molecule has 1 fully saturated rings. The largest absolute Gasteiger partial charge is 0.341 e. The predicted octanol–water partition coefficient (Wildman–Crippen LogP) is 1.76. The first-order chi connectivity index (χ1) is 8.11. The molecule has 2 rings (SSSR count). The van der Waals surface area contributed by atoms with Crippen LogP contribution >= 0.6 is 0 Å². The van der Waals surface area contributed by atoms with Gasteiger partial charge in [-0.05, 0) is 23.5 Å². The Morgan fingerprint density at radius 1 is 1.35 bits per heavy atom. The van der Waals surface area contributed by atoms with Crippen LogP contribution in [0.25, 0.3) is 0 Å². The third kappa shape index (κ3) is 2.86. The molecule has 0 bridgehead atoms. The Kier molecular flexibility index (Phi) is 3.48. The number of hydrogen-bond acceptors (Lipinski definition) is 2. The lowest BCUT2D eigenvalue weighted by Crippen LogP contribution is -2.28. The lowest BCUT2D eigenvalue weighted by Gasteiger charge is -2.17. The first-order valence-corrected chi connectivity index (χ1v) is 6.14. The van der Waals surface area contributed by atoms with Gasteiger partial charge < -0.3 is 10.6 Å². The van der Waals surface area contributed by atoms with Gasteiger partial charge in [0.15, 0.2) is 0 Å². The topological polar surface area (TPSA) is 46.3 Å². The normalized spacial score (nSPS) is 22.3. The van der Waals surface area contributed by atoms with Gasteiger partial charge >= 0.3 is 0 Å². The molecule has 2 atom stereocenters. The lowest BCUT2D eigenvalue weighted by atomic mass is 10.1. The van der Waals surface area contributed by atoms with Crippen LogP contribution in [0.1, 0.15) is 24.5 Å². The third-order valence-corrected chi connectivity index (χ3v) is 3.48. The quantitative estimate of drug-likeness (QED) is 0.859. The smallest absolute Gasteiger partial charge is 0.226 e. The van der Waals surface area contributed by atoms with Crippen LogP contribution in [-0.4, -0.2) is 17.9 Å². The van der Waals surface area contributed by atoms with E-state index in [0.29, 0.717) is 19.0 Å². The Bertz CT molecular complexity index is 399. The summed E-state index contributed by atoms with van der Waals surface area (Å²) in [5.41, 5.74) is 7.83. The number of nitrogens with zero attached hydrogens (tertiary/aromatic N) is 1. The number of carbonyl (C=O) groups is 1. The zero-order valence-corrected chi connectivity index (χ0v) is 10.5. The molecule has 1 aromatic carbocycles. The number of amides is 1. The van der Waals surface area contributed by atoms with Crippen molar-refractivity contribution in [2.24, 2.45) is 17.6 Å². The van der Waals surface area contributed by atoms with Gasteiger partial charge in [-0.2, -0.15) is 0 Å². The van der Waals surface area contributed by atoms with E-state index < -0.39 is 0 Å². The molecule has 2 unspecified atom stereocenters. The highest BCUT2D eigenvalue weighted by Crippen LogP contribution is 2.39. The fraction of sp³-hybridized carbons (Fsp3) is 0.500. The number of rotatable bonds is 4. The van der Waals surface area contributed by atoms with E-state index in [1.807, 2.05) is 36.2 Å². The van der Waals surface area contributed by atoms with Gasteiger partial charge in [0.2, 0.25) is 5.91 Å². The van der Waals surface area contributed by atoms with Crippen molar-refractivity contribution in [2.75, 3.05) is 7.05 Å². The van der Waals surface area contributed by atoms with E-state index in [2.05, 4.69) is 6.92 Å². The van der Waals surface area contributed by atoms with Crippen molar-refractivity contribution in [1.29, 1.82) is 0 Å². The molecule has 0 spiro atoms. The van der Waals surface area contributed by atoms with E-state index in [4.69, 9.17) is 5.73 Å². The fourth-order valence-electron chi connectivity index (χ4n) is 2.08. The molecule has 1 aliphatic rings. The Balaban J connectivity index is 1.93. The average Bonchev–Trinajstić information content (AvgIpc) is 3.06. The number of carbonyl (C=O) groups excluding carboxylic acids is 1. The molecule has 1 aromatic rings. The highest BCUT2D eigenvalue weighted by molar-refractivity contribution is 5.81. The molecule has 2 N–H and O–H groups in total. The minimum Gasteiger partial charge on any atom is -0.341 e. The molecule has 1 aliphatic carbocycles. The zero-order valence-electron chi connectivity index (χ0n) is 10.5. The van der Waals surface area contributed by atoms with Crippen molar-refractivity contribution in [1.82, 2.24) is 4.90 Å². The van der Waals surface area contributed by atoms with Crippen LogP contribution in [0, 0.1) is 11.8 Å². The summed E-state index contributed by atoms with van der Waals surface area (Å²) in [5, 5.41) is 0. The lowest BCUT2D eigenvalue weighted by molar-refractivity contribution is -0.132. The Hall–Kier alpha value is -1.35. The molecule has 3 heteroatoms. The second-order valence-corrected chi connectivity index (χ2v) is 5.03. The fourth-order valence-corrected chi connectivity index (χ4v) is 2.08. The van der Waals surface area contributed by atoms with Crippen molar-refractivity contribution >= 4 is 5.91 Å². The minimum absolute atomic E-state index is 0.267.